The Morgan fingerprint density at radius 1 is 0.750 bits per heavy atom. The maximum absolute atomic E-state index is 4.85. The van der Waals surface area contributed by atoms with Crippen LogP contribution in [0.25, 0.3) is 37.6 Å². The molecule has 0 N–H and O–H groups in total. The van der Waals surface area contributed by atoms with Gasteiger partial charge in [-0.05, 0) is 55.3 Å². The third-order valence-corrected chi connectivity index (χ3v) is 6.26. The Hall–Kier alpha value is -3.17. The normalized spacial score (nSPS) is 11.2. The van der Waals surface area contributed by atoms with Crippen molar-refractivity contribution in [1.82, 2.24) is 9.55 Å². The number of aromatic nitrogens is 2. The van der Waals surface area contributed by atoms with Gasteiger partial charge in [0, 0.05) is 22.6 Å². The van der Waals surface area contributed by atoms with Crippen LogP contribution in [-0.2, 0) is 0 Å². The summed E-state index contributed by atoms with van der Waals surface area (Å²) in [5.74, 6) is 0. The predicted molar refractivity (Wildman–Crippen MR) is 119 cm³/mol. The first-order valence-electron chi connectivity index (χ1n) is 9.41. The number of benzene rings is 3. The molecule has 2 nitrogen and oxygen atoms in total. The van der Waals surface area contributed by atoms with Gasteiger partial charge in [-0.2, -0.15) is 0 Å². The maximum Gasteiger partial charge on any atom is 0.126 e. The highest BCUT2D eigenvalue weighted by molar-refractivity contribution is 7.21. The van der Waals surface area contributed by atoms with Gasteiger partial charge in [-0.3, -0.25) is 0 Å². The first-order valence-corrected chi connectivity index (χ1v) is 10.2. The van der Waals surface area contributed by atoms with Crippen molar-refractivity contribution in [3.8, 4) is 27.4 Å². The zero-order valence-electron chi connectivity index (χ0n) is 15.9. The van der Waals surface area contributed by atoms with Crippen LogP contribution in [-0.4, -0.2) is 9.55 Å². The summed E-state index contributed by atoms with van der Waals surface area (Å²) in [6.07, 6.45) is 0. The van der Waals surface area contributed by atoms with Crippen LogP contribution in [0.4, 0.5) is 0 Å². The standard InChI is InChI=1S/C25H20N2S/c1-17-16-22(25-26-23-10-6-7-11-24(23)28-25)18(2)27(17)21-14-12-20(13-15-21)19-8-4-3-5-9-19/h3-16H,1-2H3. The van der Waals surface area contributed by atoms with Crippen molar-refractivity contribution < 1.29 is 0 Å². The molecule has 5 aromatic rings. The van der Waals surface area contributed by atoms with E-state index in [1.165, 1.54) is 38.5 Å². The van der Waals surface area contributed by atoms with Crippen molar-refractivity contribution in [2.75, 3.05) is 0 Å². The summed E-state index contributed by atoms with van der Waals surface area (Å²) in [5.41, 5.74) is 8.39. The topological polar surface area (TPSA) is 17.8 Å². The van der Waals surface area contributed by atoms with Crippen molar-refractivity contribution >= 4 is 21.6 Å². The van der Waals surface area contributed by atoms with Crippen LogP contribution in [0.15, 0.2) is 84.9 Å². The number of nitrogens with zero attached hydrogens (tertiary/aromatic N) is 2. The van der Waals surface area contributed by atoms with Crippen LogP contribution in [0.1, 0.15) is 11.4 Å². The summed E-state index contributed by atoms with van der Waals surface area (Å²) >= 11 is 1.76. The summed E-state index contributed by atoms with van der Waals surface area (Å²) in [4.78, 5) is 4.85. The minimum atomic E-state index is 1.07. The number of aryl methyl sites for hydroxylation is 1. The SMILES string of the molecule is Cc1cc(-c2nc3ccccc3s2)c(C)n1-c1ccc(-c2ccccc2)cc1. The molecule has 0 spiro atoms. The number of thiazole rings is 1. The van der Waals surface area contributed by atoms with E-state index in [4.69, 9.17) is 4.98 Å². The minimum absolute atomic E-state index is 1.07. The summed E-state index contributed by atoms with van der Waals surface area (Å²) in [6.45, 7) is 4.34. The average molecular weight is 381 g/mol. The van der Waals surface area contributed by atoms with Gasteiger partial charge >= 0.3 is 0 Å². The smallest absolute Gasteiger partial charge is 0.126 e. The molecule has 0 aliphatic carbocycles. The monoisotopic (exact) mass is 380 g/mol. The van der Waals surface area contributed by atoms with Crippen molar-refractivity contribution in [2.45, 2.75) is 13.8 Å². The van der Waals surface area contributed by atoms with Crippen LogP contribution in [0, 0.1) is 13.8 Å². The van der Waals surface area contributed by atoms with Gasteiger partial charge in [-0.1, -0.05) is 54.6 Å². The van der Waals surface area contributed by atoms with Gasteiger partial charge in [0.1, 0.15) is 5.01 Å². The Bertz CT molecular complexity index is 1230. The second kappa shape index (κ2) is 6.77. The van der Waals surface area contributed by atoms with E-state index in [1.54, 1.807) is 11.3 Å². The van der Waals surface area contributed by atoms with E-state index < -0.39 is 0 Å². The second-order valence-corrected chi connectivity index (χ2v) is 8.05. The van der Waals surface area contributed by atoms with E-state index in [0.29, 0.717) is 0 Å². The Labute approximate surface area is 168 Å². The van der Waals surface area contributed by atoms with Gasteiger partial charge in [0.2, 0.25) is 0 Å². The zero-order chi connectivity index (χ0) is 19.1. The third kappa shape index (κ3) is 2.85. The molecule has 0 saturated heterocycles. The van der Waals surface area contributed by atoms with Crippen LogP contribution in [0.3, 0.4) is 0 Å². The lowest BCUT2D eigenvalue weighted by molar-refractivity contribution is 0.967. The molecular formula is C25H20N2S. The highest BCUT2D eigenvalue weighted by Crippen LogP contribution is 2.35. The van der Waals surface area contributed by atoms with E-state index >= 15 is 0 Å². The molecule has 2 aromatic heterocycles. The van der Waals surface area contributed by atoms with E-state index in [1.807, 2.05) is 12.1 Å². The molecule has 0 aliphatic heterocycles. The van der Waals surface area contributed by atoms with Gasteiger partial charge in [-0.15, -0.1) is 11.3 Å². The van der Waals surface area contributed by atoms with Crippen molar-refractivity contribution in [3.63, 3.8) is 0 Å². The molecule has 2 heterocycles. The fourth-order valence-electron chi connectivity index (χ4n) is 3.80. The molecule has 0 radical (unpaired) electrons. The molecule has 0 unspecified atom stereocenters. The van der Waals surface area contributed by atoms with Gasteiger partial charge in [0.25, 0.3) is 0 Å². The van der Waals surface area contributed by atoms with Gasteiger partial charge in [0.05, 0.1) is 10.2 Å². The second-order valence-electron chi connectivity index (χ2n) is 7.02. The molecule has 28 heavy (non-hydrogen) atoms. The average Bonchev–Trinajstić information content (AvgIpc) is 3.29. The number of hydrogen-bond acceptors (Lipinski definition) is 2. The van der Waals surface area contributed by atoms with Gasteiger partial charge < -0.3 is 4.57 Å². The Kier molecular flexibility index (Phi) is 4.10. The Morgan fingerprint density at radius 3 is 2.18 bits per heavy atom. The molecule has 0 saturated carbocycles. The highest BCUT2D eigenvalue weighted by atomic mass is 32.1. The van der Waals surface area contributed by atoms with Crippen LogP contribution >= 0.6 is 11.3 Å². The Morgan fingerprint density at radius 2 is 1.43 bits per heavy atom. The number of fused-ring (bicyclic) bond motifs is 1. The Balaban J connectivity index is 1.56. The van der Waals surface area contributed by atoms with Crippen molar-refractivity contribution in [2.24, 2.45) is 0 Å². The fourth-order valence-corrected chi connectivity index (χ4v) is 4.83. The van der Waals surface area contributed by atoms with Crippen LogP contribution in [0.2, 0.25) is 0 Å². The lowest BCUT2D eigenvalue weighted by atomic mass is 10.1. The third-order valence-electron chi connectivity index (χ3n) is 5.19. The molecule has 136 valence electrons. The van der Waals surface area contributed by atoms with Gasteiger partial charge in [0.15, 0.2) is 0 Å². The molecule has 0 amide bonds. The fraction of sp³-hybridized carbons (Fsp3) is 0.0800. The number of rotatable bonds is 3. The summed E-state index contributed by atoms with van der Waals surface area (Å²) in [5, 5.41) is 1.08. The summed E-state index contributed by atoms with van der Waals surface area (Å²) in [6, 6.07) is 29.9. The van der Waals surface area contributed by atoms with E-state index in [0.717, 1.165) is 10.5 Å². The molecule has 3 heteroatoms. The first-order chi connectivity index (χ1) is 13.7. The predicted octanol–water partition coefficient (Wildman–Crippen LogP) is 7.04. The molecular weight excluding hydrogens is 360 g/mol. The van der Waals surface area contributed by atoms with Crippen molar-refractivity contribution in [1.29, 1.82) is 0 Å². The number of para-hydroxylation sites is 1. The van der Waals surface area contributed by atoms with Crippen LogP contribution in [0.5, 0.6) is 0 Å². The lowest BCUT2D eigenvalue weighted by Crippen LogP contribution is -1.98. The van der Waals surface area contributed by atoms with Crippen molar-refractivity contribution in [3.05, 3.63) is 96.3 Å². The largest absolute Gasteiger partial charge is 0.318 e. The lowest BCUT2D eigenvalue weighted by Gasteiger charge is -2.11. The van der Waals surface area contributed by atoms with E-state index in [9.17, 15) is 0 Å². The molecule has 0 atom stereocenters. The van der Waals surface area contributed by atoms with E-state index in [-0.39, 0.29) is 0 Å². The number of hydrogen-bond donors (Lipinski definition) is 0. The van der Waals surface area contributed by atoms with Crippen LogP contribution < -0.4 is 0 Å². The zero-order valence-corrected chi connectivity index (χ0v) is 16.7. The quantitative estimate of drug-likeness (QED) is 0.328. The van der Waals surface area contributed by atoms with E-state index in [2.05, 4.69) is 91.2 Å². The molecule has 0 bridgehead atoms. The summed E-state index contributed by atoms with van der Waals surface area (Å²) < 4.78 is 3.55. The molecule has 0 fully saturated rings. The highest BCUT2D eigenvalue weighted by Gasteiger charge is 2.15. The minimum Gasteiger partial charge on any atom is -0.318 e. The molecule has 5 rings (SSSR count). The van der Waals surface area contributed by atoms with Gasteiger partial charge in [-0.25, -0.2) is 4.98 Å². The summed E-state index contributed by atoms with van der Waals surface area (Å²) in [7, 11) is 0. The first kappa shape index (κ1) is 17.0. The molecule has 3 aromatic carbocycles. The molecule has 0 aliphatic rings. The maximum atomic E-state index is 4.85.